The van der Waals surface area contributed by atoms with Crippen LogP contribution in [0.15, 0.2) is 4.99 Å². The summed E-state index contributed by atoms with van der Waals surface area (Å²) in [5, 5.41) is 3.45. The SMILES string of the molecule is CC1=NC(C)(C)NC(C)C1C. The smallest absolute Gasteiger partial charge is 0.105 e. The highest BCUT2D eigenvalue weighted by atomic mass is 15.2. The van der Waals surface area contributed by atoms with Crippen molar-refractivity contribution in [3.8, 4) is 0 Å². The van der Waals surface area contributed by atoms with E-state index in [0.29, 0.717) is 12.0 Å². The largest absolute Gasteiger partial charge is 0.291 e. The monoisotopic (exact) mass is 154 g/mol. The van der Waals surface area contributed by atoms with Crippen LogP contribution in [-0.4, -0.2) is 17.4 Å². The van der Waals surface area contributed by atoms with Crippen LogP contribution in [0, 0.1) is 5.92 Å². The van der Waals surface area contributed by atoms with Crippen LogP contribution >= 0.6 is 0 Å². The molecular formula is C9H18N2. The van der Waals surface area contributed by atoms with Gasteiger partial charge in [0.25, 0.3) is 0 Å². The predicted molar refractivity (Wildman–Crippen MR) is 48.9 cm³/mol. The summed E-state index contributed by atoms with van der Waals surface area (Å²) in [5.74, 6) is 0.572. The molecule has 1 aliphatic heterocycles. The van der Waals surface area contributed by atoms with Crippen LogP contribution < -0.4 is 5.32 Å². The van der Waals surface area contributed by atoms with Crippen molar-refractivity contribution in [2.24, 2.45) is 10.9 Å². The molecular weight excluding hydrogens is 136 g/mol. The molecule has 1 N–H and O–H groups in total. The molecule has 0 saturated carbocycles. The Morgan fingerprint density at radius 1 is 1.36 bits per heavy atom. The molecule has 0 amide bonds. The molecule has 0 aromatic heterocycles. The third-order valence-corrected chi connectivity index (χ3v) is 2.45. The quantitative estimate of drug-likeness (QED) is 0.565. The van der Waals surface area contributed by atoms with Gasteiger partial charge in [-0.15, -0.1) is 0 Å². The topological polar surface area (TPSA) is 24.4 Å². The molecule has 1 heterocycles. The zero-order chi connectivity index (χ0) is 8.65. The van der Waals surface area contributed by atoms with Crippen molar-refractivity contribution in [2.45, 2.75) is 46.3 Å². The van der Waals surface area contributed by atoms with Crippen LogP contribution in [-0.2, 0) is 0 Å². The van der Waals surface area contributed by atoms with Crippen molar-refractivity contribution < 1.29 is 0 Å². The van der Waals surface area contributed by atoms with E-state index in [1.165, 1.54) is 5.71 Å². The molecule has 11 heavy (non-hydrogen) atoms. The van der Waals surface area contributed by atoms with Crippen LogP contribution in [0.4, 0.5) is 0 Å². The van der Waals surface area contributed by atoms with E-state index in [-0.39, 0.29) is 5.66 Å². The molecule has 1 aliphatic rings. The van der Waals surface area contributed by atoms with E-state index in [9.17, 15) is 0 Å². The van der Waals surface area contributed by atoms with Gasteiger partial charge >= 0.3 is 0 Å². The van der Waals surface area contributed by atoms with Gasteiger partial charge < -0.3 is 0 Å². The maximum Gasteiger partial charge on any atom is 0.105 e. The summed E-state index contributed by atoms with van der Waals surface area (Å²) in [6.07, 6.45) is 0. The molecule has 0 aromatic carbocycles. The lowest BCUT2D eigenvalue weighted by molar-refractivity contribution is 0.306. The van der Waals surface area contributed by atoms with E-state index in [1.54, 1.807) is 0 Å². The van der Waals surface area contributed by atoms with Crippen LogP contribution in [0.3, 0.4) is 0 Å². The van der Waals surface area contributed by atoms with Crippen molar-refractivity contribution in [3.63, 3.8) is 0 Å². The minimum absolute atomic E-state index is 0.0595. The zero-order valence-corrected chi connectivity index (χ0v) is 8.10. The fraction of sp³-hybridized carbons (Fsp3) is 0.889. The lowest BCUT2D eigenvalue weighted by atomic mass is 9.94. The zero-order valence-electron chi connectivity index (χ0n) is 8.10. The molecule has 64 valence electrons. The van der Waals surface area contributed by atoms with Gasteiger partial charge in [0.2, 0.25) is 0 Å². The molecule has 2 atom stereocenters. The van der Waals surface area contributed by atoms with Crippen LogP contribution in [0.25, 0.3) is 0 Å². The van der Waals surface area contributed by atoms with Gasteiger partial charge in [-0.05, 0) is 27.7 Å². The Balaban J connectivity index is 2.85. The summed E-state index contributed by atoms with van der Waals surface area (Å²) in [6.45, 7) is 10.8. The van der Waals surface area contributed by atoms with Gasteiger partial charge in [-0.25, -0.2) is 0 Å². The standard InChI is InChI=1S/C9H18N2/c1-6-7(2)10-9(4,5)11-8(6)3/h6-7,10H,1-5H3. The maximum absolute atomic E-state index is 4.55. The first-order valence-corrected chi connectivity index (χ1v) is 4.26. The van der Waals surface area contributed by atoms with E-state index >= 15 is 0 Å². The van der Waals surface area contributed by atoms with Gasteiger partial charge in [-0.2, -0.15) is 0 Å². The average molecular weight is 154 g/mol. The highest BCUT2D eigenvalue weighted by molar-refractivity contribution is 5.85. The van der Waals surface area contributed by atoms with E-state index in [4.69, 9.17) is 0 Å². The second-order valence-corrected chi connectivity index (χ2v) is 4.03. The first kappa shape index (κ1) is 8.72. The summed E-state index contributed by atoms with van der Waals surface area (Å²) in [6, 6.07) is 0.544. The van der Waals surface area contributed by atoms with Gasteiger partial charge in [0, 0.05) is 17.7 Å². The molecule has 2 nitrogen and oxygen atoms in total. The fourth-order valence-corrected chi connectivity index (χ4v) is 1.62. The highest BCUT2D eigenvalue weighted by Crippen LogP contribution is 2.19. The molecule has 2 heteroatoms. The Bertz CT molecular complexity index is 182. The van der Waals surface area contributed by atoms with E-state index in [1.807, 2.05) is 0 Å². The Hall–Kier alpha value is -0.370. The minimum Gasteiger partial charge on any atom is -0.291 e. The average Bonchev–Trinajstić information content (AvgIpc) is 1.81. The van der Waals surface area contributed by atoms with Crippen molar-refractivity contribution in [1.82, 2.24) is 5.32 Å². The van der Waals surface area contributed by atoms with Gasteiger partial charge in [-0.1, -0.05) is 6.92 Å². The normalized spacial score (nSPS) is 36.6. The Kier molecular flexibility index (Phi) is 2.06. The van der Waals surface area contributed by atoms with E-state index in [2.05, 4.69) is 44.9 Å². The molecule has 0 spiro atoms. The number of hydrogen-bond donors (Lipinski definition) is 1. The van der Waals surface area contributed by atoms with Crippen molar-refractivity contribution >= 4 is 5.71 Å². The van der Waals surface area contributed by atoms with Gasteiger partial charge in [-0.3, -0.25) is 10.3 Å². The van der Waals surface area contributed by atoms with Crippen molar-refractivity contribution in [1.29, 1.82) is 0 Å². The number of aliphatic imine (C=N–C) groups is 1. The lowest BCUT2D eigenvalue weighted by Crippen LogP contribution is -2.52. The van der Waals surface area contributed by atoms with Crippen LogP contribution in [0.2, 0.25) is 0 Å². The number of rotatable bonds is 0. The molecule has 0 aliphatic carbocycles. The van der Waals surface area contributed by atoms with Crippen LogP contribution in [0.5, 0.6) is 0 Å². The third kappa shape index (κ3) is 1.80. The third-order valence-electron chi connectivity index (χ3n) is 2.45. The first-order chi connectivity index (χ1) is 4.92. The highest BCUT2D eigenvalue weighted by Gasteiger charge is 2.28. The maximum atomic E-state index is 4.55. The Labute approximate surface area is 69.1 Å². The van der Waals surface area contributed by atoms with Crippen molar-refractivity contribution in [3.05, 3.63) is 0 Å². The molecule has 1 rings (SSSR count). The second kappa shape index (κ2) is 2.59. The van der Waals surface area contributed by atoms with Gasteiger partial charge in [0.1, 0.15) is 5.66 Å². The first-order valence-electron chi connectivity index (χ1n) is 4.26. The fourth-order valence-electron chi connectivity index (χ4n) is 1.62. The van der Waals surface area contributed by atoms with Gasteiger partial charge in [0.15, 0.2) is 0 Å². The molecule has 2 unspecified atom stereocenters. The predicted octanol–water partition coefficient (Wildman–Crippen LogP) is 1.81. The minimum atomic E-state index is -0.0595. The molecule has 0 saturated heterocycles. The van der Waals surface area contributed by atoms with E-state index < -0.39 is 0 Å². The summed E-state index contributed by atoms with van der Waals surface area (Å²) < 4.78 is 0. The number of nitrogens with zero attached hydrogens (tertiary/aromatic N) is 1. The van der Waals surface area contributed by atoms with Crippen molar-refractivity contribution in [2.75, 3.05) is 0 Å². The number of hydrogen-bond acceptors (Lipinski definition) is 2. The lowest BCUT2D eigenvalue weighted by Gasteiger charge is -2.36. The van der Waals surface area contributed by atoms with Crippen LogP contribution in [0.1, 0.15) is 34.6 Å². The van der Waals surface area contributed by atoms with E-state index in [0.717, 1.165) is 0 Å². The Morgan fingerprint density at radius 2 is 1.91 bits per heavy atom. The Morgan fingerprint density at radius 3 is 2.36 bits per heavy atom. The molecule has 0 fully saturated rings. The second-order valence-electron chi connectivity index (χ2n) is 4.03. The summed E-state index contributed by atoms with van der Waals surface area (Å²) >= 11 is 0. The summed E-state index contributed by atoms with van der Waals surface area (Å²) in [5.41, 5.74) is 1.21. The summed E-state index contributed by atoms with van der Waals surface area (Å²) in [7, 11) is 0. The molecule has 0 radical (unpaired) electrons. The number of nitrogens with one attached hydrogen (secondary N) is 1. The molecule has 0 bridgehead atoms. The summed E-state index contributed by atoms with van der Waals surface area (Å²) in [4.78, 5) is 4.55. The molecule has 0 aromatic rings. The van der Waals surface area contributed by atoms with Gasteiger partial charge in [0.05, 0.1) is 0 Å².